The Morgan fingerprint density at radius 2 is 0.895 bits per heavy atom. The molecule has 0 atom stereocenters. The van der Waals surface area contributed by atoms with E-state index in [-0.39, 0.29) is 0 Å². The van der Waals surface area contributed by atoms with Gasteiger partial charge in [0.2, 0.25) is 0 Å². The van der Waals surface area contributed by atoms with E-state index < -0.39 is 0 Å². The fourth-order valence-corrected chi connectivity index (χ4v) is 8.53. The van der Waals surface area contributed by atoms with Crippen molar-refractivity contribution in [1.29, 1.82) is 0 Å². The molecule has 9 aromatic carbocycles. The molecular weight excluding hydrogens is 693 g/mol. The fourth-order valence-electron chi connectivity index (χ4n) is 8.53. The van der Waals surface area contributed by atoms with E-state index in [4.69, 9.17) is 4.42 Å². The van der Waals surface area contributed by atoms with Crippen molar-refractivity contribution < 1.29 is 4.42 Å². The van der Waals surface area contributed by atoms with E-state index >= 15 is 0 Å². The maximum atomic E-state index is 6.67. The van der Waals surface area contributed by atoms with Crippen LogP contribution in [-0.4, -0.2) is 4.57 Å². The van der Waals surface area contributed by atoms with Crippen molar-refractivity contribution in [2.45, 2.75) is 0 Å². The molecule has 2 aromatic heterocycles. The summed E-state index contributed by atoms with van der Waals surface area (Å²) in [7, 11) is 0. The smallest absolute Gasteiger partial charge is 0.143 e. The molecule has 0 aliphatic rings. The number of rotatable bonds is 7. The van der Waals surface area contributed by atoms with Crippen LogP contribution in [0.3, 0.4) is 0 Å². The number of fused-ring (bicyclic) bond motifs is 6. The van der Waals surface area contributed by atoms with Crippen molar-refractivity contribution >= 4 is 60.8 Å². The molecule has 0 spiro atoms. The first-order valence-corrected chi connectivity index (χ1v) is 19.4. The summed E-state index contributed by atoms with van der Waals surface area (Å²) in [5.41, 5.74) is 15.3. The van der Waals surface area contributed by atoms with E-state index in [0.717, 1.165) is 72.4 Å². The topological polar surface area (TPSA) is 21.3 Å². The van der Waals surface area contributed by atoms with E-state index in [2.05, 4.69) is 222 Å². The van der Waals surface area contributed by atoms with E-state index in [0.29, 0.717) is 0 Å². The Kier molecular flexibility index (Phi) is 7.82. The van der Waals surface area contributed by atoms with Gasteiger partial charge in [-0.2, -0.15) is 0 Å². The van der Waals surface area contributed by atoms with Crippen molar-refractivity contribution in [2.24, 2.45) is 0 Å². The molecule has 0 amide bonds. The van der Waals surface area contributed by atoms with Crippen LogP contribution < -0.4 is 4.90 Å². The summed E-state index contributed by atoms with van der Waals surface area (Å²) in [5, 5.41) is 4.63. The van der Waals surface area contributed by atoms with Crippen LogP contribution in [0.5, 0.6) is 0 Å². The van der Waals surface area contributed by atoms with Crippen LogP contribution in [0.25, 0.3) is 82.8 Å². The molecule has 0 radical (unpaired) electrons. The van der Waals surface area contributed by atoms with Gasteiger partial charge in [-0.25, -0.2) is 0 Å². The quantitative estimate of drug-likeness (QED) is 0.163. The van der Waals surface area contributed by atoms with Gasteiger partial charge in [0.05, 0.1) is 16.7 Å². The summed E-state index contributed by atoms with van der Waals surface area (Å²) in [4.78, 5) is 2.35. The van der Waals surface area contributed by atoms with Gasteiger partial charge in [-0.1, -0.05) is 164 Å². The average Bonchev–Trinajstić information content (AvgIpc) is 3.83. The third kappa shape index (κ3) is 5.60. The Bertz CT molecular complexity index is 3220. The summed E-state index contributed by atoms with van der Waals surface area (Å²) in [6.45, 7) is 0. The summed E-state index contributed by atoms with van der Waals surface area (Å²) in [5.74, 6) is 0. The molecule has 0 fully saturated rings. The predicted molar refractivity (Wildman–Crippen MR) is 239 cm³/mol. The highest BCUT2D eigenvalue weighted by atomic mass is 16.3. The van der Waals surface area contributed by atoms with Crippen LogP contribution in [0.15, 0.2) is 223 Å². The van der Waals surface area contributed by atoms with Crippen LogP contribution in [-0.2, 0) is 0 Å². The standard InChI is InChI=1S/C54H36N2O/c1-4-15-37(16-5-1)39-27-30-42(31-28-39)55(41-19-8-3-9-20-41)43-32-34-45-44-21-10-12-25-50(44)56(52(45)36-43)51-35-40(38-17-6-2-7-18-38)29-33-46(51)48-23-14-24-49-47-22-11-13-26-53(47)57-54(48)49/h1-36H. The second-order valence-corrected chi connectivity index (χ2v) is 14.5. The van der Waals surface area contributed by atoms with Gasteiger partial charge in [0, 0.05) is 49.7 Å². The Morgan fingerprint density at radius 1 is 0.333 bits per heavy atom. The van der Waals surface area contributed by atoms with Gasteiger partial charge in [0.25, 0.3) is 0 Å². The van der Waals surface area contributed by atoms with Crippen LogP contribution in [0, 0.1) is 0 Å². The number of hydrogen-bond donors (Lipinski definition) is 0. The van der Waals surface area contributed by atoms with Gasteiger partial charge < -0.3 is 13.9 Å². The molecule has 0 saturated heterocycles. The zero-order valence-electron chi connectivity index (χ0n) is 31.1. The largest absolute Gasteiger partial charge is 0.455 e. The molecule has 0 aliphatic heterocycles. The highest BCUT2D eigenvalue weighted by molar-refractivity contribution is 6.13. The number of anilines is 3. The Morgan fingerprint density at radius 3 is 1.67 bits per heavy atom. The number of hydrogen-bond acceptors (Lipinski definition) is 2. The molecule has 3 nitrogen and oxygen atoms in total. The van der Waals surface area contributed by atoms with E-state index in [1.54, 1.807) is 0 Å². The van der Waals surface area contributed by atoms with E-state index in [1.807, 2.05) is 6.07 Å². The molecule has 11 aromatic rings. The van der Waals surface area contributed by atoms with Crippen molar-refractivity contribution in [3.63, 3.8) is 0 Å². The van der Waals surface area contributed by atoms with Crippen molar-refractivity contribution in [3.8, 4) is 39.1 Å². The van der Waals surface area contributed by atoms with E-state index in [9.17, 15) is 0 Å². The number of furan rings is 1. The minimum Gasteiger partial charge on any atom is -0.455 e. The lowest BCUT2D eigenvalue weighted by molar-refractivity contribution is 0.670. The van der Waals surface area contributed by atoms with Crippen molar-refractivity contribution in [3.05, 3.63) is 218 Å². The maximum Gasteiger partial charge on any atom is 0.143 e. The minimum absolute atomic E-state index is 0.890. The highest BCUT2D eigenvalue weighted by Gasteiger charge is 2.22. The molecule has 268 valence electrons. The second-order valence-electron chi connectivity index (χ2n) is 14.5. The van der Waals surface area contributed by atoms with Gasteiger partial charge in [-0.3, -0.25) is 0 Å². The minimum atomic E-state index is 0.890. The molecule has 0 bridgehead atoms. The van der Waals surface area contributed by atoms with Gasteiger partial charge in [-0.05, 0) is 76.9 Å². The highest BCUT2D eigenvalue weighted by Crippen LogP contribution is 2.44. The second kappa shape index (κ2) is 13.6. The normalized spacial score (nSPS) is 11.5. The summed E-state index contributed by atoms with van der Waals surface area (Å²) >= 11 is 0. The molecule has 0 saturated carbocycles. The fraction of sp³-hybridized carbons (Fsp3) is 0. The predicted octanol–water partition coefficient (Wildman–Crippen LogP) is 15.2. The van der Waals surface area contributed by atoms with Gasteiger partial charge in [0.15, 0.2) is 0 Å². The summed E-state index contributed by atoms with van der Waals surface area (Å²) in [6.07, 6.45) is 0. The number of aromatic nitrogens is 1. The molecule has 0 N–H and O–H groups in total. The lowest BCUT2D eigenvalue weighted by Gasteiger charge is -2.26. The molecule has 2 heterocycles. The zero-order chi connectivity index (χ0) is 37.7. The van der Waals surface area contributed by atoms with E-state index in [1.165, 1.54) is 27.5 Å². The van der Waals surface area contributed by atoms with Crippen LogP contribution in [0.1, 0.15) is 0 Å². The van der Waals surface area contributed by atoms with Crippen molar-refractivity contribution in [2.75, 3.05) is 4.90 Å². The zero-order valence-corrected chi connectivity index (χ0v) is 31.1. The third-order valence-corrected chi connectivity index (χ3v) is 11.2. The van der Waals surface area contributed by atoms with Gasteiger partial charge in [0.1, 0.15) is 11.2 Å². The first kappa shape index (κ1) is 32.8. The van der Waals surface area contributed by atoms with Gasteiger partial charge >= 0.3 is 0 Å². The number of benzene rings is 9. The molecular formula is C54H36N2O. The Hall–Kier alpha value is -7.62. The molecule has 0 unspecified atom stereocenters. The first-order chi connectivity index (χ1) is 28.3. The third-order valence-electron chi connectivity index (χ3n) is 11.2. The SMILES string of the molecule is c1ccc(-c2ccc(N(c3ccccc3)c3ccc4c5ccccc5n(-c5cc(-c6ccccc6)ccc5-c5cccc6c5oc5ccccc56)c4c3)cc2)cc1. The maximum absolute atomic E-state index is 6.67. The lowest BCUT2D eigenvalue weighted by Crippen LogP contribution is -2.10. The summed E-state index contributed by atoms with van der Waals surface area (Å²) in [6, 6.07) is 78.1. The monoisotopic (exact) mass is 728 g/mol. The molecule has 0 aliphatic carbocycles. The van der Waals surface area contributed by atoms with Crippen LogP contribution in [0.4, 0.5) is 17.1 Å². The lowest BCUT2D eigenvalue weighted by atomic mass is 9.96. The first-order valence-electron chi connectivity index (χ1n) is 19.4. The molecule has 11 rings (SSSR count). The average molecular weight is 729 g/mol. The van der Waals surface area contributed by atoms with Crippen LogP contribution >= 0.6 is 0 Å². The van der Waals surface area contributed by atoms with Gasteiger partial charge in [-0.15, -0.1) is 0 Å². The van der Waals surface area contributed by atoms with Crippen LogP contribution in [0.2, 0.25) is 0 Å². The summed E-state index contributed by atoms with van der Waals surface area (Å²) < 4.78 is 9.13. The molecule has 3 heteroatoms. The molecule has 57 heavy (non-hydrogen) atoms. The number of nitrogens with zero attached hydrogens (tertiary/aromatic N) is 2. The Labute approximate surface area is 330 Å². The Balaban J connectivity index is 1.17. The number of para-hydroxylation sites is 4. The van der Waals surface area contributed by atoms with Crippen molar-refractivity contribution in [1.82, 2.24) is 4.57 Å².